The summed E-state index contributed by atoms with van der Waals surface area (Å²) in [4.78, 5) is 33.0. The van der Waals surface area contributed by atoms with E-state index < -0.39 is 5.41 Å². The molecule has 154 valence electrons. The number of likely N-dealkylation sites (N-methyl/N-ethyl adjacent to an activating group) is 1. The van der Waals surface area contributed by atoms with Gasteiger partial charge in [0.1, 0.15) is 5.41 Å². The first-order chi connectivity index (χ1) is 14.5. The van der Waals surface area contributed by atoms with Gasteiger partial charge >= 0.3 is 0 Å². The van der Waals surface area contributed by atoms with Gasteiger partial charge in [-0.25, -0.2) is 0 Å². The summed E-state index contributed by atoms with van der Waals surface area (Å²) in [6, 6.07) is 14.1. The van der Waals surface area contributed by atoms with Gasteiger partial charge in [0.2, 0.25) is 11.8 Å². The number of pyridine rings is 1. The predicted molar refractivity (Wildman–Crippen MR) is 120 cm³/mol. The number of anilines is 1. The Balaban J connectivity index is 1.61. The van der Waals surface area contributed by atoms with Crippen molar-refractivity contribution in [3.63, 3.8) is 0 Å². The van der Waals surface area contributed by atoms with Crippen LogP contribution in [0.5, 0.6) is 0 Å². The van der Waals surface area contributed by atoms with Crippen LogP contribution in [0.1, 0.15) is 44.7 Å². The van der Waals surface area contributed by atoms with E-state index in [9.17, 15) is 9.59 Å². The molecule has 2 amide bonds. The largest absolute Gasteiger partial charge is 0.354 e. The number of carbonyl (C=O) groups is 2. The smallest absolute Gasteiger partial charge is 0.240 e. The van der Waals surface area contributed by atoms with Crippen LogP contribution in [0.3, 0.4) is 0 Å². The maximum absolute atomic E-state index is 13.5. The lowest BCUT2D eigenvalue weighted by molar-refractivity contribution is -0.127. The standard InChI is InChI=1S/C25H27N3O2/c1-25(15-26-23(29)16-9-4-3-5-10-16)22-21-18(17-11-6-7-13-19(17)27-22)12-8-14-20(21)28(2)24(25)30/h6-8,11-14,16H,3-5,9-10,15H2,1-2H3,(H,26,29). The molecule has 5 rings (SSSR count). The van der Waals surface area contributed by atoms with Crippen molar-refractivity contribution in [3.8, 4) is 0 Å². The molecule has 1 saturated carbocycles. The summed E-state index contributed by atoms with van der Waals surface area (Å²) in [5, 5.41) is 6.29. The van der Waals surface area contributed by atoms with Gasteiger partial charge in [-0.05, 0) is 37.3 Å². The van der Waals surface area contributed by atoms with Gasteiger partial charge in [0, 0.05) is 30.3 Å². The van der Waals surface area contributed by atoms with Crippen LogP contribution in [0.15, 0.2) is 42.5 Å². The van der Waals surface area contributed by atoms with Crippen molar-refractivity contribution < 1.29 is 9.59 Å². The van der Waals surface area contributed by atoms with E-state index in [1.165, 1.54) is 6.42 Å². The number of benzene rings is 2. The minimum atomic E-state index is -0.907. The average molecular weight is 402 g/mol. The van der Waals surface area contributed by atoms with Crippen molar-refractivity contribution in [1.82, 2.24) is 10.3 Å². The van der Waals surface area contributed by atoms with Gasteiger partial charge in [0.25, 0.3) is 0 Å². The molecular weight excluding hydrogens is 374 g/mol. The van der Waals surface area contributed by atoms with Crippen LogP contribution in [0.25, 0.3) is 21.7 Å². The van der Waals surface area contributed by atoms with Crippen molar-refractivity contribution in [2.45, 2.75) is 44.4 Å². The lowest BCUT2D eigenvalue weighted by Gasteiger charge is -2.39. The molecule has 1 aliphatic carbocycles. The molecular formula is C25H27N3O2. The first-order valence-electron chi connectivity index (χ1n) is 10.9. The number of nitrogens with one attached hydrogen (secondary N) is 1. The Morgan fingerprint density at radius 1 is 1.10 bits per heavy atom. The van der Waals surface area contributed by atoms with Gasteiger partial charge in [-0.1, -0.05) is 49.6 Å². The van der Waals surface area contributed by atoms with Crippen LogP contribution in [-0.4, -0.2) is 30.4 Å². The fourth-order valence-corrected chi connectivity index (χ4v) is 5.18. The number of aromatic nitrogens is 1. The average Bonchev–Trinajstić information content (AvgIpc) is 2.80. The molecule has 1 N–H and O–H groups in total. The fourth-order valence-electron chi connectivity index (χ4n) is 5.18. The molecule has 0 bridgehead atoms. The van der Waals surface area contributed by atoms with E-state index in [0.29, 0.717) is 0 Å². The number of hydrogen-bond acceptors (Lipinski definition) is 3. The molecule has 1 atom stereocenters. The molecule has 30 heavy (non-hydrogen) atoms. The van der Waals surface area contributed by atoms with Crippen LogP contribution < -0.4 is 10.2 Å². The van der Waals surface area contributed by atoms with Gasteiger partial charge in [-0.2, -0.15) is 0 Å². The minimum absolute atomic E-state index is 0.0331. The summed E-state index contributed by atoms with van der Waals surface area (Å²) in [6.07, 6.45) is 5.31. The third-order valence-electron chi connectivity index (χ3n) is 6.96. The molecule has 0 radical (unpaired) electrons. The van der Waals surface area contributed by atoms with Gasteiger partial charge in [0.15, 0.2) is 0 Å². The molecule has 0 spiro atoms. The maximum Gasteiger partial charge on any atom is 0.240 e. The second-order valence-electron chi connectivity index (χ2n) is 8.93. The number of hydrogen-bond donors (Lipinski definition) is 1. The molecule has 2 heterocycles. The molecule has 1 fully saturated rings. The van der Waals surface area contributed by atoms with E-state index in [0.717, 1.165) is 58.7 Å². The quantitative estimate of drug-likeness (QED) is 0.665. The number of nitrogens with zero attached hydrogens (tertiary/aromatic N) is 2. The zero-order valence-corrected chi connectivity index (χ0v) is 17.6. The Morgan fingerprint density at radius 3 is 2.63 bits per heavy atom. The van der Waals surface area contributed by atoms with E-state index in [1.54, 1.807) is 4.90 Å². The number of amides is 2. The Bertz CT molecular complexity index is 1170. The molecule has 3 aromatic rings. The predicted octanol–water partition coefficient (Wildman–Crippen LogP) is 4.32. The van der Waals surface area contributed by atoms with Crippen LogP contribution in [-0.2, 0) is 15.0 Å². The SMILES string of the molecule is CN1C(=O)C(C)(CNC(=O)C2CCCCC2)c2nc3ccccc3c3cccc1c23. The van der Waals surface area contributed by atoms with E-state index in [-0.39, 0.29) is 24.3 Å². The lowest BCUT2D eigenvalue weighted by atomic mass is 9.78. The second kappa shape index (κ2) is 7.08. The molecule has 1 aliphatic heterocycles. The molecule has 5 nitrogen and oxygen atoms in total. The Labute approximate surface area is 176 Å². The number of para-hydroxylation sites is 1. The van der Waals surface area contributed by atoms with Gasteiger partial charge in [0.05, 0.1) is 16.9 Å². The van der Waals surface area contributed by atoms with Crippen molar-refractivity contribution in [3.05, 3.63) is 48.2 Å². The van der Waals surface area contributed by atoms with Crippen LogP contribution in [0, 0.1) is 5.92 Å². The molecule has 0 saturated heterocycles. The van der Waals surface area contributed by atoms with Crippen molar-refractivity contribution in [1.29, 1.82) is 0 Å². The van der Waals surface area contributed by atoms with Gasteiger partial charge in [-0.3, -0.25) is 14.6 Å². The highest BCUT2D eigenvalue weighted by atomic mass is 16.2. The van der Waals surface area contributed by atoms with Gasteiger partial charge < -0.3 is 10.2 Å². The third-order valence-corrected chi connectivity index (χ3v) is 6.96. The number of rotatable bonds is 3. The zero-order valence-electron chi connectivity index (χ0n) is 17.6. The van der Waals surface area contributed by atoms with Crippen LogP contribution in [0.4, 0.5) is 5.69 Å². The Kier molecular flexibility index (Phi) is 4.49. The van der Waals surface area contributed by atoms with E-state index in [4.69, 9.17) is 4.98 Å². The molecule has 1 unspecified atom stereocenters. The highest BCUT2D eigenvalue weighted by Crippen LogP contribution is 2.43. The molecule has 2 aromatic carbocycles. The van der Waals surface area contributed by atoms with Crippen molar-refractivity contribution >= 4 is 39.2 Å². The third kappa shape index (κ3) is 2.79. The molecule has 2 aliphatic rings. The van der Waals surface area contributed by atoms with Gasteiger partial charge in [-0.15, -0.1) is 0 Å². The summed E-state index contributed by atoms with van der Waals surface area (Å²) in [5.41, 5.74) is 1.61. The van der Waals surface area contributed by atoms with Crippen LogP contribution >= 0.6 is 0 Å². The molecule has 1 aromatic heterocycles. The maximum atomic E-state index is 13.5. The first kappa shape index (κ1) is 19.0. The summed E-state index contributed by atoms with van der Waals surface area (Å²) < 4.78 is 0. The normalized spacial score (nSPS) is 21.9. The molecule has 5 heteroatoms. The van der Waals surface area contributed by atoms with Crippen molar-refractivity contribution in [2.75, 3.05) is 18.5 Å². The Morgan fingerprint density at radius 2 is 1.83 bits per heavy atom. The summed E-state index contributed by atoms with van der Waals surface area (Å²) in [6.45, 7) is 2.18. The first-order valence-corrected chi connectivity index (χ1v) is 10.9. The number of fused-ring (bicyclic) bond motifs is 2. The second-order valence-corrected chi connectivity index (χ2v) is 8.93. The van der Waals surface area contributed by atoms with E-state index in [1.807, 2.05) is 44.3 Å². The van der Waals surface area contributed by atoms with E-state index in [2.05, 4.69) is 17.4 Å². The fraction of sp³-hybridized carbons (Fsp3) is 0.400. The minimum Gasteiger partial charge on any atom is -0.354 e. The summed E-state index contributed by atoms with van der Waals surface area (Å²) in [5.74, 6) is 0.104. The monoisotopic (exact) mass is 401 g/mol. The summed E-state index contributed by atoms with van der Waals surface area (Å²) >= 11 is 0. The Hall–Kier alpha value is -2.95. The highest BCUT2D eigenvalue weighted by Gasteiger charge is 2.45. The lowest BCUT2D eigenvalue weighted by Crippen LogP contribution is -2.53. The zero-order chi connectivity index (χ0) is 20.9. The van der Waals surface area contributed by atoms with Crippen LogP contribution in [0.2, 0.25) is 0 Å². The van der Waals surface area contributed by atoms with E-state index >= 15 is 0 Å². The summed E-state index contributed by atoms with van der Waals surface area (Å²) in [7, 11) is 1.82. The highest BCUT2D eigenvalue weighted by molar-refractivity contribution is 6.19. The number of carbonyl (C=O) groups excluding carboxylic acids is 2. The topological polar surface area (TPSA) is 62.3 Å². The van der Waals surface area contributed by atoms with Crippen molar-refractivity contribution in [2.24, 2.45) is 5.92 Å².